The zero-order valence-electron chi connectivity index (χ0n) is 13.7. The lowest BCUT2D eigenvalue weighted by molar-refractivity contribution is -0.128. The van der Waals surface area contributed by atoms with E-state index in [9.17, 15) is 10.1 Å². The van der Waals surface area contributed by atoms with Crippen LogP contribution in [0, 0.1) is 17.2 Å². The molecular formula is C18H23N3O2. The first-order valence-electron chi connectivity index (χ1n) is 8.03. The Balaban J connectivity index is 1.98. The zero-order valence-corrected chi connectivity index (χ0v) is 13.7. The minimum Gasteiger partial charge on any atom is -0.494 e. The molecule has 1 heterocycles. The fourth-order valence-electron chi connectivity index (χ4n) is 2.49. The lowest BCUT2D eigenvalue weighted by atomic mass is 9.99. The monoisotopic (exact) mass is 313 g/mol. The SMILES string of the molecule is CCOc1ccc(N/C=C(/C#N)C(=O)N2CCC(C)CC2)cc1. The summed E-state index contributed by atoms with van der Waals surface area (Å²) >= 11 is 0. The van der Waals surface area contributed by atoms with Crippen molar-refractivity contribution in [2.24, 2.45) is 5.92 Å². The van der Waals surface area contributed by atoms with E-state index in [-0.39, 0.29) is 11.5 Å². The van der Waals surface area contributed by atoms with Gasteiger partial charge in [0, 0.05) is 25.0 Å². The summed E-state index contributed by atoms with van der Waals surface area (Å²) in [5.41, 5.74) is 0.940. The number of carbonyl (C=O) groups excluding carboxylic acids is 1. The molecule has 0 radical (unpaired) electrons. The number of hydrogen-bond donors (Lipinski definition) is 1. The minimum absolute atomic E-state index is 0.133. The molecule has 1 aliphatic rings. The van der Waals surface area contributed by atoms with Crippen LogP contribution in [0.25, 0.3) is 0 Å². The van der Waals surface area contributed by atoms with Crippen LogP contribution in [0.1, 0.15) is 26.7 Å². The van der Waals surface area contributed by atoms with Crippen LogP contribution < -0.4 is 10.1 Å². The Morgan fingerprint density at radius 3 is 2.61 bits per heavy atom. The number of rotatable bonds is 5. The molecule has 0 aliphatic carbocycles. The highest BCUT2D eigenvalue weighted by Crippen LogP contribution is 2.19. The molecule has 0 atom stereocenters. The third-order valence-corrected chi connectivity index (χ3v) is 3.97. The molecule has 1 aromatic rings. The van der Waals surface area contributed by atoms with Gasteiger partial charge in [0.25, 0.3) is 5.91 Å². The predicted octanol–water partition coefficient (Wildman–Crippen LogP) is 3.16. The lowest BCUT2D eigenvalue weighted by Gasteiger charge is -2.30. The smallest absolute Gasteiger partial charge is 0.266 e. The van der Waals surface area contributed by atoms with Crippen molar-refractivity contribution in [1.29, 1.82) is 5.26 Å². The van der Waals surface area contributed by atoms with Crippen molar-refractivity contribution in [3.63, 3.8) is 0 Å². The van der Waals surface area contributed by atoms with Crippen molar-refractivity contribution >= 4 is 11.6 Å². The van der Waals surface area contributed by atoms with Crippen LogP contribution >= 0.6 is 0 Å². The summed E-state index contributed by atoms with van der Waals surface area (Å²) in [7, 11) is 0. The molecule has 2 rings (SSSR count). The van der Waals surface area contributed by atoms with Gasteiger partial charge < -0.3 is 15.0 Å². The van der Waals surface area contributed by atoms with E-state index in [0.29, 0.717) is 12.5 Å². The second kappa shape index (κ2) is 8.23. The van der Waals surface area contributed by atoms with Crippen LogP contribution in [0.3, 0.4) is 0 Å². The largest absolute Gasteiger partial charge is 0.494 e. The van der Waals surface area contributed by atoms with Gasteiger partial charge in [-0.15, -0.1) is 0 Å². The third-order valence-electron chi connectivity index (χ3n) is 3.97. The molecule has 1 amide bonds. The second-order valence-electron chi connectivity index (χ2n) is 5.75. The number of likely N-dealkylation sites (tertiary alicyclic amines) is 1. The van der Waals surface area contributed by atoms with E-state index < -0.39 is 0 Å². The highest BCUT2D eigenvalue weighted by molar-refractivity contribution is 5.97. The number of hydrogen-bond acceptors (Lipinski definition) is 4. The third kappa shape index (κ3) is 4.75. The van der Waals surface area contributed by atoms with Gasteiger partial charge in [-0.3, -0.25) is 4.79 Å². The molecule has 0 saturated carbocycles. The molecule has 122 valence electrons. The highest BCUT2D eigenvalue weighted by Gasteiger charge is 2.22. The first kappa shape index (κ1) is 16.9. The van der Waals surface area contributed by atoms with Gasteiger partial charge in [-0.1, -0.05) is 6.92 Å². The first-order valence-corrected chi connectivity index (χ1v) is 8.03. The molecule has 5 heteroatoms. The second-order valence-corrected chi connectivity index (χ2v) is 5.75. The molecule has 0 spiro atoms. The highest BCUT2D eigenvalue weighted by atomic mass is 16.5. The summed E-state index contributed by atoms with van der Waals surface area (Å²) < 4.78 is 5.38. The number of benzene rings is 1. The number of ether oxygens (including phenoxy) is 1. The number of carbonyl (C=O) groups is 1. The Hall–Kier alpha value is -2.48. The predicted molar refractivity (Wildman–Crippen MR) is 89.9 cm³/mol. The van der Waals surface area contributed by atoms with Crippen LogP contribution in [0.15, 0.2) is 36.0 Å². The molecule has 0 aromatic heterocycles. The Kier molecular flexibility index (Phi) is 6.04. The molecule has 1 saturated heterocycles. The number of nitrogens with zero attached hydrogens (tertiary/aromatic N) is 2. The van der Waals surface area contributed by atoms with E-state index in [1.165, 1.54) is 6.20 Å². The topological polar surface area (TPSA) is 65.4 Å². The zero-order chi connectivity index (χ0) is 16.7. The molecule has 0 bridgehead atoms. The molecule has 5 nitrogen and oxygen atoms in total. The Bertz CT molecular complexity index is 594. The molecule has 1 N–H and O–H groups in total. The van der Waals surface area contributed by atoms with Crippen LogP contribution in [0.4, 0.5) is 5.69 Å². The van der Waals surface area contributed by atoms with Gasteiger partial charge >= 0.3 is 0 Å². The van der Waals surface area contributed by atoms with Gasteiger partial charge in [0.15, 0.2) is 0 Å². The van der Waals surface area contributed by atoms with Gasteiger partial charge in [0.1, 0.15) is 17.4 Å². The molecule has 23 heavy (non-hydrogen) atoms. The summed E-state index contributed by atoms with van der Waals surface area (Å²) in [6.45, 7) is 6.19. The molecule has 0 unspecified atom stereocenters. The maximum atomic E-state index is 12.4. The van der Waals surface area contributed by atoms with Gasteiger partial charge in [-0.05, 0) is 49.9 Å². The standard InChI is InChI=1S/C18H23N3O2/c1-3-23-17-6-4-16(5-7-17)20-13-15(12-19)18(22)21-10-8-14(2)9-11-21/h4-7,13-14,20H,3,8-11H2,1-2H3/b15-13-. The van der Waals surface area contributed by atoms with E-state index in [1.807, 2.05) is 37.3 Å². The summed E-state index contributed by atoms with van der Waals surface area (Å²) in [5, 5.41) is 12.3. The van der Waals surface area contributed by atoms with Crippen molar-refractivity contribution in [2.75, 3.05) is 25.0 Å². The lowest BCUT2D eigenvalue weighted by Crippen LogP contribution is -2.38. The molecule has 1 aliphatic heterocycles. The number of anilines is 1. The molecule has 1 aromatic carbocycles. The fraction of sp³-hybridized carbons (Fsp3) is 0.444. The fourth-order valence-corrected chi connectivity index (χ4v) is 2.49. The summed E-state index contributed by atoms with van der Waals surface area (Å²) in [6.07, 6.45) is 3.48. The Labute approximate surface area is 137 Å². The quantitative estimate of drug-likeness (QED) is 0.670. The van der Waals surface area contributed by atoms with Crippen molar-refractivity contribution in [2.45, 2.75) is 26.7 Å². The summed E-state index contributed by atoms with van der Waals surface area (Å²) in [6, 6.07) is 9.39. The van der Waals surface area contributed by atoms with Gasteiger partial charge in [0.2, 0.25) is 0 Å². The van der Waals surface area contributed by atoms with E-state index in [4.69, 9.17) is 4.74 Å². The molecular weight excluding hydrogens is 290 g/mol. The number of piperidine rings is 1. The normalized spacial score (nSPS) is 15.9. The maximum absolute atomic E-state index is 12.4. The average Bonchev–Trinajstić information content (AvgIpc) is 2.57. The maximum Gasteiger partial charge on any atom is 0.266 e. The summed E-state index contributed by atoms with van der Waals surface area (Å²) in [5.74, 6) is 1.24. The molecule has 1 fully saturated rings. The van der Waals surface area contributed by atoms with Crippen LogP contribution in [-0.2, 0) is 4.79 Å². The van der Waals surface area contributed by atoms with E-state index >= 15 is 0 Å². The Morgan fingerprint density at radius 1 is 1.39 bits per heavy atom. The van der Waals surface area contributed by atoms with Crippen LogP contribution in [0.5, 0.6) is 5.75 Å². The Morgan fingerprint density at radius 2 is 2.04 bits per heavy atom. The van der Waals surface area contributed by atoms with Gasteiger partial charge in [-0.2, -0.15) is 5.26 Å². The number of nitriles is 1. The van der Waals surface area contributed by atoms with E-state index in [2.05, 4.69) is 12.2 Å². The van der Waals surface area contributed by atoms with Gasteiger partial charge in [-0.25, -0.2) is 0 Å². The van der Waals surface area contributed by atoms with Crippen molar-refractivity contribution in [1.82, 2.24) is 4.90 Å². The van der Waals surface area contributed by atoms with Crippen molar-refractivity contribution < 1.29 is 9.53 Å². The van der Waals surface area contributed by atoms with E-state index in [0.717, 1.165) is 37.4 Å². The van der Waals surface area contributed by atoms with Gasteiger partial charge in [0.05, 0.1) is 6.61 Å². The van der Waals surface area contributed by atoms with Crippen molar-refractivity contribution in [3.05, 3.63) is 36.0 Å². The van der Waals surface area contributed by atoms with Crippen molar-refractivity contribution in [3.8, 4) is 11.8 Å². The first-order chi connectivity index (χ1) is 11.1. The van der Waals surface area contributed by atoms with Crippen LogP contribution in [0.2, 0.25) is 0 Å². The number of amides is 1. The minimum atomic E-state index is -0.196. The average molecular weight is 313 g/mol. The summed E-state index contributed by atoms with van der Waals surface area (Å²) in [4.78, 5) is 14.1. The van der Waals surface area contributed by atoms with Crippen LogP contribution in [-0.4, -0.2) is 30.5 Å². The van der Waals surface area contributed by atoms with E-state index in [1.54, 1.807) is 4.90 Å². The number of nitrogens with one attached hydrogen (secondary N) is 1.